The normalized spacial score (nSPS) is 17.4. The van der Waals surface area contributed by atoms with Crippen LogP contribution in [-0.2, 0) is 24.3 Å². The highest BCUT2D eigenvalue weighted by molar-refractivity contribution is 7.89. The molecule has 10 nitrogen and oxygen atoms in total. The number of piperazine rings is 1. The van der Waals surface area contributed by atoms with Gasteiger partial charge in [-0.2, -0.15) is 4.31 Å². The second kappa shape index (κ2) is 10.5. The van der Waals surface area contributed by atoms with E-state index in [1.165, 1.54) is 16.4 Å². The van der Waals surface area contributed by atoms with Crippen molar-refractivity contribution in [2.75, 3.05) is 64.0 Å². The number of carbonyl (C=O) groups is 2. The van der Waals surface area contributed by atoms with E-state index in [1.807, 2.05) is 18.2 Å². The SMILES string of the molecule is Cc1ccc(C(=O)OCC(=O)N2CCN(c3ccccn3)CC2)cc1S(=O)(=O)N1CCOCC1. The molecule has 0 aliphatic carbocycles. The Hall–Kier alpha value is -3.02. The zero-order chi connectivity index (χ0) is 24.1. The van der Waals surface area contributed by atoms with E-state index in [0.29, 0.717) is 45.0 Å². The molecule has 2 fully saturated rings. The first-order valence-electron chi connectivity index (χ1n) is 11.2. The van der Waals surface area contributed by atoms with Crippen LogP contribution in [0.5, 0.6) is 0 Å². The number of anilines is 1. The third-order valence-electron chi connectivity index (χ3n) is 5.94. The zero-order valence-electron chi connectivity index (χ0n) is 19.1. The van der Waals surface area contributed by atoms with E-state index in [-0.39, 0.29) is 29.5 Å². The van der Waals surface area contributed by atoms with E-state index in [9.17, 15) is 18.0 Å². The number of aromatic nitrogens is 1. The molecule has 0 saturated carbocycles. The number of rotatable bonds is 6. The van der Waals surface area contributed by atoms with Gasteiger partial charge in [-0.15, -0.1) is 0 Å². The summed E-state index contributed by atoms with van der Waals surface area (Å²) in [5.41, 5.74) is 0.620. The first-order chi connectivity index (χ1) is 16.4. The van der Waals surface area contributed by atoms with Gasteiger partial charge in [-0.25, -0.2) is 18.2 Å². The molecule has 4 rings (SSSR count). The van der Waals surface area contributed by atoms with Gasteiger partial charge in [0.05, 0.1) is 23.7 Å². The number of esters is 1. The number of hydrogen-bond donors (Lipinski definition) is 0. The van der Waals surface area contributed by atoms with Crippen molar-refractivity contribution in [3.05, 3.63) is 53.7 Å². The molecule has 2 saturated heterocycles. The second-order valence-corrected chi connectivity index (χ2v) is 10.0. The van der Waals surface area contributed by atoms with Crippen molar-refractivity contribution in [2.24, 2.45) is 0 Å². The standard InChI is InChI=1S/C23H28N4O6S/c1-18-5-6-19(16-20(18)34(30,31)27-12-14-32-15-13-27)23(29)33-17-22(28)26-10-8-25(9-11-26)21-4-2-3-7-24-21/h2-7,16H,8-15,17H2,1H3. The minimum Gasteiger partial charge on any atom is -0.452 e. The summed E-state index contributed by atoms with van der Waals surface area (Å²) < 4.78 is 37.9. The predicted octanol–water partition coefficient (Wildman–Crippen LogP) is 0.917. The van der Waals surface area contributed by atoms with Crippen molar-refractivity contribution < 1.29 is 27.5 Å². The van der Waals surface area contributed by atoms with Crippen LogP contribution in [0.15, 0.2) is 47.5 Å². The van der Waals surface area contributed by atoms with E-state index in [0.717, 1.165) is 5.82 Å². The van der Waals surface area contributed by atoms with Crippen molar-refractivity contribution in [2.45, 2.75) is 11.8 Å². The molecule has 0 bridgehead atoms. The Labute approximate surface area is 199 Å². The molecule has 0 radical (unpaired) electrons. The van der Waals surface area contributed by atoms with Gasteiger partial charge in [0.2, 0.25) is 10.0 Å². The van der Waals surface area contributed by atoms with E-state index in [2.05, 4.69) is 9.88 Å². The number of amides is 1. The van der Waals surface area contributed by atoms with Gasteiger partial charge in [0.15, 0.2) is 6.61 Å². The number of ether oxygens (including phenoxy) is 2. The van der Waals surface area contributed by atoms with Crippen LogP contribution in [0, 0.1) is 6.92 Å². The lowest BCUT2D eigenvalue weighted by Gasteiger charge is -2.35. The van der Waals surface area contributed by atoms with E-state index >= 15 is 0 Å². The Kier molecular flexibility index (Phi) is 7.44. The van der Waals surface area contributed by atoms with Gasteiger partial charge in [0.25, 0.3) is 5.91 Å². The summed E-state index contributed by atoms with van der Waals surface area (Å²) in [6, 6.07) is 10.1. The fourth-order valence-electron chi connectivity index (χ4n) is 3.96. The molecule has 3 heterocycles. The molecule has 0 spiro atoms. The average Bonchev–Trinajstić information content (AvgIpc) is 2.88. The van der Waals surface area contributed by atoms with E-state index in [1.54, 1.807) is 24.1 Å². The lowest BCUT2D eigenvalue weighted by atomic mass is 10.1. The Morgan fingerprint density at radius 3 is 2.44 bits per heavy atom. The molecule has 1 amide bonds. The molecular formula is C23H28N4O6S. The molecule has 11 heteroatoms. The van der Waals surface area contributed by atoms with Gasteiger partial charge in [0, 0.05) is 45.5 Å². The lowest BCUT2D eigenvalue weighted by Crippen LogP contribution is -2.50. The maximum atomic E-state index is 13.0. The molecule has 0 unspecified atom stereocenters. The summed E-state index contributed by atoms with van der Waals surface area (Å²) in [6.45, 7) is 4.74. The van der Waals surface area contributed by atoms with Crippen molar-refractivity contribution in [3.8, 4) is 0 Å². The molecule has 34 heavy (non-hydrogen) atoms. The van der Waals surface area contributed by atoms with Crippen molar-refractivity contribution in [1.29, 1.82) is 0 Å². The first-order valence-corrected chi connectivity index (χ1v) is 12.6. The summed E-state index contributed by atoms with van der Waals surface area (Å²) in [6.07, 6.45) is 1.73. The van der Waals surface area contributed by atoms with Gasteiger partial charge >= 0.3 is 5.97 Å². The maximum absolute atomic E-state index is 13.0. The highest BCUT2D eigenvalue weighted by atomic mass is 32.2. The van der Waals surface area contributed by atoms with Crippen LogP contribution in [0.25, 0.3) is 0 Å². The number of benzene rings is 1. The average molecular weight is 489 g/mol. The molecule has 2 aliphatic heterocycles. The monoisotopic (exact) mass is 488 g/mol. The van der Waals surface area contributed by atoms with Gasteiger partial charge in [-0.1, -0.05) is 12.1 Å². The molecule has 1 aromatic carbocycles. The maximum Gasteiger partial charge on any atom is 0.338 e. The van der Waals surface area contributed by atoms with Crippen molar-refractivity contribution in [3.63, 3.8) is 0 Å². The van der Waals surface area contributed by atoms with Crippen LogP contribution in [0.1, 0.15) is 15.9 Å². The van der Waals surface area contributed by atoms with Crippen LogP contribution in [0.3, 0.4) is 0 Å². The Morgan fingerprint density at radius 2 is 1.76 bits per heavy atom. The summed E-state index contributed by atoms with van der Waals surface area (Å²) in [5, 5.41) is 0. The third kappa shape index (κ3) is 5.37. The minimum atomic E-state index is -3.76. The fraction of sp³-hybridized carbons (Fsp3) is 0.435. The zero-order valence-corrected chi connectivity index (χ0v) is 19.9. The van der Waals surface area contributed by atoms with Crippen LogP contribution < -0.4 is 4.90 Å². The largest absolute Gasteiger partial charge is 0.452 e. The number of pyridine rings is 1. The van der Waals surface area contributed by atoms with Crippen LogP contribution in [0.2, 0.25) is 0 Å². The highest BCUT2D eigenvalue weighted by Crippen LogP contribution is 2.23. The van der Waals surface area contributed by atoms with Crippen LogP contribution in [-0.4, -0.2) is 93.6 Å². The summed E-state index contributed by atoms with van der Waals surface area (Å²) in [4.78, 5) is 33.3. The number of nitrogens with zero attached hydrogens (tertiary/aromatic N) is 4. The number of morpholine rings is 1. The predicted molar refractivity (Wildman–Crippen MR) is 124 cm³/mol. The highest BCUT2D eigenvalue weighted by Gasteiger charge is 2.29. The number of aryl methyl sites for hydroxylation is 1. The quantitative estimate of drug-likeness (QED) is 0.552. The molecule has 2 aromatic rings. The van der Waals surface area contributed by atoms with Crippen molar-refractivity contribution in [1.82, 2.24) is 14.2 Å². The first kappa shape index (κ1) is 24.1. The number of carbonyl (C=O) groups excluding carboxylic acids is 2. The summed E-state index contributed by atoms with van der Waals surface area (Å²) >= 11 is 0. The molecule has 2 aliphatic rings. The summed E-state index contributed by atoms with van der Waals surface area (Å²) in [5.74, 6) is -0.163. The Morgan fingerprint density at radius 1 is 1.03 bits per heavy atom. The van der Waals surface area contributed by atoms with Crippen molar-refractivity contribution >= 4 is 27.7 Å². The van der Waals surface area contributed by atoms with Crippen LogP contribution >= 0.6 is 0 Å². The third-order valence-corrected chi connectivity index (χ3v) is 7.98. The van der Waals surface area contributed by atoms with E-state index in [4.69, 9.17) is 9.47 Å². The lowest BCUT2D eigenvalue weighted by molar-refractivity contribution is -0.134. The van der Waals surface area contributed by atoms with Gasteiger partial charge < -0.3 is 19.3 Å². The van der Waals surface area contributed by atoms with Gasteiger partial charge in [0.1, 0.15) is 5.82 Å². The van der Waals surface area contributed by atoms with Gasteiger partial charge in [-0.05, 0) is 36.8 Å². The number of hydrogen-bond acceptors (Lipinski definition) is 8. The Bertz CT molecular complexity index is 1130. The second-order valence-electron chi connectivity index (χ2n) is 8.13. The number of sulfonamides is 1. The van der Waals surface area contributed by atoms with Gasteiger partial charge in [-0.3, -0.25) is 4.79 Å². The van der Waals surface area contributed by atoms with E-state index < -0.39 is 22.6 Å². The molecule has 182 valence electrons. The summed E-state index contributed by atoms with van der Waals surface area (Å²) in [7, 11) is -3.76. The topological polar surface area (TPSA) is 109 Å². The Balaban J connectivity index is 1.34. The molecule has 0 N–H and O–H groups in total. The molecular weight excluding hydrogens is 460 g/mol. The smallest absolute Gasteiger partial charge is 0.338 e. The fourth-order valence-corrected chi connectivity index (χ4v) is 5.62. The van der Waals surface area contributed by atoms with Crippen LogP contribution in [0.4, 0.5) is 5.82 Å². The molecule has 1 aromatic heterocycles. The minimum absolute atomic E-state index is 0.0563. The molecule has 0 atom stereocenters.